The average Bonchev–Trinajstić information content (AvgIpc) is 2.92. The summed E-state index contributed by atoms with van der Waals surface area (Å²) in [5.74, 6) is 0.723. The lowest BCUT2D eigenvalue weighted by Gasteiger charge is -2.16. The molecular formula is C19H21N3O4S. The van der Waals surface area contributed by atoms with Gasteiger partial charge in [-0.25, -0.2) is 8.42 Å². The standard InChI is InChI=1S/C19H21N3O4S/c1-14-7-9-15(10-8-14)26-12-11-22(2)18(23)13-20-19-16-5-3-4-6-17(16)27(24,25)21-19/h3-10H,11-13H2,1-2H3,(H,20,21). The number of amides is 1. The molecule has 0 saturated carbocycles. The first-order valence-corrected chi connectivity index (χ1v) is 9.95. The molecular weight excluding hydrogens is 366 g/mol. The normalized spacial score (nSPS) is 15.9. The van der Waals surface area contributed by atoms with Gasteiger partial charge in [0.25, 0.3) is 10.0 Å². The average molecular weight is 387 g/mol. The molecule has 142 valence electrons. The molecule has 27 heavy (non-hydrogen) atoms. The molecule has 0 spiro atoms. The van der Waals surface area contributed by atoms with E-state index in [1.165, 1.54) is 11.0 Å². The van der Waals surface area contributed by atoms with E-state index < -0.39 is 10.0 Å². The highest BCUT2D eigenvalue weighted by Crippen LogP contribution is 2.22. The Kier molecular flexibility index (Phi) is 5.46. The number of hydrogen-bond acceptors (Lipinski definition) is 5. The molecule has 0 fully saturated rings. The number of hydrogen-bond donors (Lipinski definition) is 1. The van der Waals surface area contributed by atoms with Crippen LogP contribution in [0.1, 0.15) is 11.1 Å². The Morgan fingerprint density at radius 3 is 2.59 bits per heavy atom. The fourth-order valence-electron chi connectivity index (χ4n) is 2.58. The zero-order chi connectivity index (χ0) is 19.4. The van der Waals surface area contributed by atoms with Gasteiger partial charge in [0.2, 0.25) is 5.91 Å². The lowest BCUT2D eigenvalue weighted by molar-refractivity contribution is -0.128. The lowest BCUT2D eigenvalue weighted by Crippen LogP contribution is -2.33. The molecule has 1 amide bonds. The van der Waals surface area contributed by atoms with Crippen molar-refractivity contribution in [2.75, 3.05) is 26.7 Å². The number of ether oxygens (including phenoxy) is 1. The molecule has 0 aromatic heterocycles. The Morgan fingerprint density at radius 1 is 1.15 bits per heavy atom. The minimum absolute atomic E-state index is 0.146. The van der Waals surface area contributed by atoms with Crippen LogP contribution in [0.4, 0.5) is 0 Å². The number of amidine groups is 1. The van der Waals surface area contributed by atoms with E-state index in [1.54, 1.807) is 25.2 Å². The second-order valence-corrected chi connectivity index (χ2v) is 7.89. The fourth-order valence-corrected chi connectivity index (χ4v) is 3.83. The van der Waals surface area contributed by atoms with Gasteiger partial charge in [-0.15, -0.1) is 0 Å². The maximum Gasteiger partial charge on any atom is 0.263 e. The predicted octanol–water partition coefficient (Wildman–Crippen LogP) is 1.57. The van der Waals surface area contributed by atoms with Gasteiger partial charge in [0, 0.05) is 12.6 Å². The van der Waals surface area contributed by atoms with Crippen LogP contribution in [0, 0.1) is 6.92 Å². The van der Waals surface area contributed by atoms with Gasteiger partial charge in [-0.3, -0.25) is 14.5 Å². The maximum atomic E-state index is 12.2. The van der Waals surface area contributed by atoms with Crippen LogP contribution in [0.25, 0.3) is 0 Å². The second kappa shape index (κ2) is 7.79. The number of benzene rings is 2. The zero-order valence-corrected chi connectivity index (χ0v) is 16.0. The van der Waals surface area contributed by atoms with Crippen molar-refractivity contribution in [3.8, 4) is 5.75 Å². The molecule has 0 unspecified atom stereocenters. The first-order chi connectivity index (χ1) is 12.9. The Balaban J connectivity index is 1.54. The summed E-state index contributed by atoms with van der Waals surface area (Å²) in [5, 5.41) is 0. The summed E-state index contributed by atoms with van der Waals surface area (Å²) in [6.07, 6.45) is 0. The number of fused-ring (bicyclic) bond motifs is 1. The van der Waals surface area contributed by atoms with Crippen molar-refractivity contribution in [2.24, 2.45) is 4.99 Å². The van der Waals surface area contributed by atoms with Crippen LogP contribution in [-0.4, -0.2) is 51.8 Å². The van der Waals surface area contributed by atoms with Crippen molar-refractivity contribution in [1.29, 1.82) is 0 Å². The molecule has 7 nitrogen and oxygen atoms in total. The van der Waals surface area contributed by atoms with Gasteiger partial charge in [0.15, 0.2) is 0 Å². The van der Waals surface area contributed by atoms with Crippen LogP contribution in [0.2, 0.25) is 0 Å². The van der Waals surface area contributed by atoms with E-state index in [-0.39, 0.29) is 23.2 Å². The topological polar surface area (TPSA) is 88.1 Å². The van der Waals surface area contributed by atoms with E-state index in [1.807, 2.05) is 31.2 Å². The van der Waals surface area contributed by atoms with E-state index in [9.17, 15) is 13.2 Å². The Labute approximate surface area is 158 Å². The molecule has 1 N–H and O–H groups in total. The number of nitrogens with one attached hydrogen (secondary N) is 1. The third-order valence-electron chi connectivity index (χ3n) is 4.18. The van der Waals surface area contributed by atoms with Gasteiger partial charge in [-0.1, -0.05) is 29.8 Å². The third kappa shape index (κ3) is 4.46. The van der Waals surface area contributed by atoms with Crippen LogP contribution in [0.5, 0.6) is 5.75 Å². The predicted molar refractivity (Wildman–Crippen MR) is 102 cm³/mol. The number of sulfonamides is 1. The molecule has 2 aromatic rings. The van der Waals surface area contributed by atoms with E-state index in [4.69, 9.17) is 4.74 Å². The zero-order valence-electron chi connectivity index (χ0n) is 15.2. The van der Waals surface area contributed by atoms with Gasteiger partial charge in [-0.05, 0) is 31.2 Å². The van der Waals surface area contributed by atoms with Gasteiger partial charge in [0.1, 0.15) is 24.7 Å². The molecule has 0 saturated heterocycles. The van der Waals surface area contributed by atoms with Crippen molar-refractivity contribution in [2.45, 2.75) is 11.8 Å². The lowest BCUT2D eigenvalue weighted by atomic mass is 10.2. The van der Waals surface area contributed by atoms with Gasteiger partial charge < -0.3 is 9.64 Å². The number of carbonyl (C=O) groups excluding carboxylic acids is 1. The van der Waals surface area contributed by atoms with Crippen molar-refractivity contribution < 1.29 is 17.9 Å². The molecule has 8 heteroatoms. The van der Waals surface area contributed by atoms with Crippen molar-refractivity contribution >= 4 is 21.8 Å². The van der Waals surface area contributed by atoms with Crippen molar-refractivity contribution in [3.05, 3.63) is 59.7 Å². The molecule has 0 radical (unpaired) electrons. The summed E-state index contributed by atoms with van der Waals surface area (Å²) in [6, 6.07) is 14.2. The number of aliphatic imine (C=N–C) groups is 1. The molecule has 1 heterocycles. The molecule has 3 rings (SSSR count). The number of likely N-dealkylation sites (N-methyl/N-ethyl adjacent to an activating group) is 1. The van der Waals surface area contributed by atoms with Crippen LogP contribution in [-0.2, 0) is 14.8 Å². The number of rotatable bonds is 6. The van der Waals surface area contributed by atoms with Crippen LogP contribution < -0.4 is 9.46 Å². The summed E-state index contributed by atoms with van der Waals surface area (Å²) >= 11 is 0. The monoisotopic (exact) mass is 387 g/mol. The summed E-state index contributed by atoms with van der Waals surface area (Å²) < 4.78 is 32.1. The van der Waals surface area contributed by atoms with Crippen LogP contribution in [0.15, 0.2) is 58.4 Å². The quantitative estimate of drug-likeness (QED) is 0.815. The van der Waals surface area contributed by atoms with Crippen molar-refractivity contribution in [1.82, 2.24) is 9.62 Å². The first-order valence-electron chi connectivity index (χ1n) is 8.47. The van der Waals surface area contributed by atoms with Crippen LogP contribution >= 0.6 is 0 Å². The molecule has 0 atom stereocenters. The molecule has 1 aliphatic heterocycles. The largest absolute Gasteiger partial charge is 0.492 e. The SMILES string of the molecule is Cc1ccc(OCCN(C)C(=O)CN=C2NS(=O)(=O)c3ccccc32)cc1. The molecule has 0 bridgehead atoms. The maximum absolute atomic E-state index is 12.2. The van der Waals surface area contributed by atoms with E-state index in [0.717, 1.165) is 11.3 Å². The molecule has 2 aromatic carbocycles. The third-order valence-corrected chi connectivity index (χ3v) is 5.57. The highest BCUT2D eigenvalue weighted by molar-refractivity contribution is 7.90. The fraction of sp³-hybridized carbons (Fsp3) is 0.263. The number of carbonyl (C=O) groups is 1. The van der Waals surface area contributed by atoms with Crippen LogP contribution in [0.3, 0.4) is 0 Å². The smallest absolute Gasteiger partial charge is 0.263 e. The number of aryl methyl sites for hydroxylation is 1. The summed E-state index contributed by atoms with van der Waals surface area (Å²) in [6.45, 7) is 2.62. The Bertz CT molecular complexity index is 969. The Hall–Kier alpha value is -2.87. The summed E-state index contributed by atoms with van der Waals surface area (Å²) in [5.41, 5.74) is 1.63. The van der Waals surface area contributed by atoms with E-state index in [2.05, 4.69) is 9.71 Å². The highest BCUT2D eigenvalue weighted by Gasteiger charge is 2.30. The van der Waals surface area contributed by atoms with E-state index in [0.29, 0.717) is 18.7 Å². The second-order valence-electron chi connectivity index (χ2n) is 6.24. The number of nitrogens with zero attached hydrogens (tertiary/aromatic N) is 2. The van der Waals surface area contributed by atoms with Gasteiger partial charge in [-0.2, -0.15) is 0 Å². The minimum Gasteiger partial charge on any atom is -0.492 e. The van der Waals surface area contributed by atoms with E-state index >= 15 is 0 Å². The molecule has 0 aliphatic carbocycles. The van der Waals surface area contributed by atoms with Gasteiger partial charge in [0.05, 0.1) is 11.4 Å². The summed E-state index contributed by atoms with van der Waals surface area (Å²) in [7, 11) is -1.94. The molecule has 1 aliphatic rings. The summed E-state index contributed by atoms with van der Waals surface area (Å²) in [4.78, 5) is 18.1. The van der Waals surface area contributed by atoms with Crippen molar-refractivity contribution in [3.63, 3.8) is 0 Å². The van der Waals surface area contributed by atoms with Gasteiger partial charge >= 0.3 is 0 Å². The Morgan fingerprint density at radius 2 is 1.85 bits per heavy atom. The highest BCUT2D eigenvalue weighted by atomic mass is 32.2. The minimum atomic E-state index is -3.60. The first kappa shape index (κ1) is 18.9.